The molecule has 1 amide bonds. The van der Waals surface area contributed by atoms with Crippen molar-refractivity contribution in [3.05, 3.63) is 11.6 Å². The molecule has 2 heterocycles. The van der Waals surface area contributed by atoms with Crippen molar-refractivity contribution in [1.29, 1.82) is 0 Å². The number of hydrogen-bond donors (Lipinski definition) is 1. The summed E-state index contributed by atoms with van der Waals surface area (Å²) < 4.78 is 39.0. The van der Waals surface area contributed by atoms with Gasteiger partial charge in [-0.2, -0.15) is 13.2 Å². The molecule has 0 spiro atoms. The average molecular weight is 305 g/mol. The van der Waals surface area contributed by atoms with E-state index in [9.17, 15) is 18.0 Å². The molecule has 2 rings (SSSR count). The second-order valence-electron chi connectivity index (χ2n) is 4.78. The van der Waals surface area contributed by atoms with Crippen LogP contribution in [0, 0.1) is 0 Å². The van der Waals surface area contributed by atoms with Gasteiger partial charge in [0.15, 0.2) is 5.82 Å². The van der Waals surface area contributed by atoms with E-state index < -0.39 is 12.0 Å². The van der Waals surface area contributed by atoms with Crippen molar-refractivity contribution in [1.82, 2.24) is 19.7 Å². The molecule has 1 aliphatic rings. The van der Waals surface area contributed by atoms with Crippen LogP contribution in [0.5, 0.6) is 0 Å². The predicted molar refractivity (Wildman–Crippen MR) is 66.4 cm³/mol. The fourth-order valence-electron chi connectivity index (χ4n) is 2.08. The summed E-state index contributed by atoms with van der Waals surface area (Å²) in [5, 5.41) is 7.51. The van der Waals surface area contributed by atoms with Crippen LogP contribution in [0.1, 0.15) is 18.1 Å². The van der Waals surface area contributed by atoms with Crippen molar-refractivity contribution in [2.24, 2.45) is 5.73 Å². The molecule has 2 N–H and O–H groups in total. The summed E-state index contributed by atoms with van der Waals surface area (Å²) in [6.07, 6.45) is -4.30. The van der Waals surface area contributed by atoms with Gasteiger partial charge in [-0.05, 0) is 0 Å². The van der Waals surface area contributed by atoms with E-state index in [1.165, 1.54) is 4.90 Å². The maximum Gasteiger partial charge on any atom is 0.451 e. The topological polar surface area (TPSA) is 77.0 Å². The first-order valence-electron chi connectivity index (χ1n) is 6.35. The lowest BCUT2D eigenvalue weighted by atomic mass is 10.2. The Kier molecular flexibility index (Phi) is 4.37. The summed E-state index contributed by atoms with van der Waals surface area (Å²) in [7, 11) is 0. The van der Waals surface area contributed by atoms with Gasteiger partial charge in [-0.3, -0.25) is 4.79 Å². The number of alkyl halides is 3. The zero-order valence-corrected chi connectivity index (χ0v) is 13.0. The van der Waals surface area contributed by atoms with Gasteiger partial charge in [-0.25, -0.2) is 0 Å². The molecule has 1 aromatic heterocycles. The van der Waals surface area contributed by atoms with Crippen molar-refractivity contribution < 1.29 is 18.0 Å². The van der Waals surface area contributed by atoms with Crippen molar-refractivity contribution in [3.8, 4) is 0 Å². The monoisotopic (exact) mass is 305 g/mol. The standard InChI is InChI=1S/C10H13F3N5O.Al.2H/c1-6(14)4-8(19)17-2-3-18-7(5-17)15-16-9(18)10(11,12)13;;;/h6H,1-5,14H2;;;/t6-;;;/m1.../s1. The fraction of sp³-hybridized carbons (Fsp3) is 0.700. The summed E-state index contributed by atoms with van der Waals surface area (Å²) in [6.45, 7) is 0.329. The van der Waals surface area contributed by atoms with Crippen molar-refractivity contribution in [3.63, 3.8) is 0 Å². The van der Waals surface area contributed by atoms with E-state index >= 15 is 0 Å². The van der Waals surface area contributed by atoms with E-state index in [2.05, 4.69) is 10.2 Å². The minimum Gasteiger partial charge on any atom is -0.333 e. The molecule has 6 nitrogen and oxygen atoms in total. The van der Waals surface area contributed by atoms with Gasteiger partial charge >= 0.3 is 6.18 Å². The lowest BCUT2D eigenvalue weighted by Crippen LogP contribution is -2.41. The van der Waals surface area contributed by atoms with Crippen LogP contribution in [-0.2, 0) is 24.1 Å². The molecule has 0 saturated carbocycles. The minimum absolute atomic E-state index is 0.0514. The Hall–Kier alpha value is -1.11. The summed E-state index contributed by atoms with van der Waals surface area (Å²) in [4.78, 5) is 13.4. The van der Waals surface area contributed by atoms with Gasteiger partial charge in [-0.15, -0.1) is 10.2 Å². The van der Waals surface area contributed by atoms with Crippen LogP contribution in [0.15, 0.2) is 0 Å². The Labute approximate surface area is 121 Å². The Morgan fingerprint density at radius 1 is 1.40 bits per heavy atom. The molecule has 1 atom stereocenters. The maximum absolute atomic E-state index is 12.7. The van der Waals surface area contributed by atoms with E-state index in [1.54, 1.807) is 0 Å². The number of carbonyl (C=O) groups is 1. The lowest BCUT2D eigenvalue weighted by Gasteiger charge is -2.28. The zero-order valence-electron chi connectivity index (χ0n) is 11.0. The van der Waals surface area contributed by atoms with Crippen LogP contribution < -0.4 is 5.73 Å². The lowest BCUT2D eigenvalue weighted by molar-refractivity contribution is -0.148. The molecule has 0 bridgehead atoms. The van der Waals surface area contributed by atoms with E-state index in [4.69, 9.17) is 5.73 Å². The second-order valence-corrected chi connectivity index (χ2v) is 5.59. The Bertz CT molecular complexity index is 504. The van der Waals surface area contributed by atoms with Crippen molar-refractivity contribution in [2.75, 3.05) is 6.54 Å². The van der Waals surface area contributed by atoms with Gasteiger partial charge in [0.05, 0.1) is 6.54 Å². The first kappa shape index (κ1) is 15.3. The van der Waals surface area contributed by atoms with E-state index in [1.807, 2.05) is 0 Å². The molecule has 0 fully saturated rings. The highest BCUT2D eigenvalue weighted by molar-refractivity contribution is 6.09. The molecule has 10 heteroatoms. The molecular weight excluding hydrogens is 290 g/mol. The molecule has 0 aliphatic carbocycles. The zero-order chi connectivity index (χ0) is 14.9. The molecule has 0 radical (unpaired) electrons. The number of hydrogen-bond acceptors (Lipinski definition) is 4. The third-order valence-corrected chi connectivity index (χ3v) is 4.37. The number of carbonyl (C=O) groups excluding carboxylic acids is 1. The molecule has 1 aromatic rings. The Morgan fingerprint density at radius 3 is 2.70 bits per heavy atom. The summed E-state index contributed by atoms with van der Waals surface area (Å²) >= 11 is 0.916. The van der Waals surface area contributed by atoms with Crippen LogP contribution in [0.25, 0.3) is 0 Å². The number of rotatable bonds is 3. The van der Waals surface area contributed by atoms with Crippen LogP contribution in [0.3, 0.4) is 0 Å². The normalized spacial score (nSPS) is 16.9. The molecule has 0 saturated heterocycles. The van der Waals surface area contributed by atoms with Gasteiger partial charge in [0.25, 0.3) is 0 Å². The molecule has 0 unspecified atom stereocenters. The number of nitrogens with two attached hydrogens (primary N) is 1. The predicted octanol–water partition coefficient (Wildman–Crippen LogP) is -0.592. The van der Waals surface area contributed by atoms with Crippen molar-refractivity contribution in [2.45, 2.75) is 37.0 Å². The first-order valence-corrected chi connectivity index (χ1v) is 7.77. The molecule has 20 heavy (non-hydrogen) atoms. The highest BCUT2D eigenvalue weighted by atomic mass is 27.0. The highest BCUT2D eigenvalue weighted by Gasteiger charge is 2.39. The number of nitrogens with zero attached hydrogens (tertiary/aromatic N) is 4. The minimum atomic E-state index is -4.52. The number of fused-ring (bicyclic) bond motifs is 1. The summed E-state index contributed by atoms with van der Waals surface area (Å²) in [5.74, 6) is -0.983. The van der Waals surface area contributed by atoms with E-state index in [0.717, 1.165) is 26.1 Å². The molecular formula is C10H15AlF3N5O. The van der Waals surface area contributed by atoms with Gasteiger partial charge < -0.3 is 15.2 Å². The summed E-state index contributed by atoms with van der Waals surface area (Å²) in [6, 6.07) is -0.167. The van der Waals surface area contributed by atoms with E-state index in [-0.39, 0.29) is 43.8 Å². The SMILES string of the molecule is N[C@H]([CH2][AlH2])CC(=O)N1CCn2c(nnc2C(F)(F)F)C1. The molecule has 1 aliphatic heterocycles. The third-order valence-electron chi connectivity index (χ3n) is 3.32. The fourth-order valence-corrected chi connectivity index (χ4v) is 2.37. The van der Waals surface area contributed by atoms with Gasteiger partial charge in [0.1, 0.15) is 0 Å². The number of aromatic nitrogens is 3. The molecule has 110 valence electrons. The highest BCUT2D eigenvalue weighted by Crippen LogP contribution is 2.29. The van der Waals surface area contributed by atoms with Gasteiger partial charge in [0, 0.05) is 25.6 Å². The first-order chi connectivity index (χ1) is 9.32. The van der Waals surface area contributed by atoms with Crippen LogP contribution in [0.2, 0.25) is 5.28 Å². The van der Waals surface area contributed by atoms with E-state index in [0.29, 0.717) is 0 Å². The third kappa shape index (κ3) is 3.13. The van der Waals surface area contributed by atoms with Crippen LogP contribution in [0.4, 0.5) is 13.2 Å². The van der Waals surface area contributed by atoms with Crippen molar-refractivity contribution >= 4 is 22.2 Å². The summed E-state index contributed by atoms with van der Waals surface area (Å²) in [5.41, 5.74) is 5.74. The average Bonchev–Trinajstić information content (AvgIpc) is 2.80. The largest absolute Gasteiger partial charge is 0.451 e. The number of amides is 1. The maximum atomic E-state index is 12.7. The van der Waals surface area contributed by atoms with Crippen LogP contribution >= 0.6 is 0 Å². The molecule has 0 aromatic carbocycles. The van der Waals surface area contributed by atoms with Gasteiger partial charge in [0.2, 0.25) is 28.0 Å². The smallest absolute Gasteiger partial charge is 0.333 e. The Balaban J connectivity index is 2.09. The Morgan fingerprint density at radius 2 is 2.10 bits per heavy atom. The second kappa shape index (κ2) is 5.71. The van der Waals surface area contributed by atoms with Crippen LogP contribution in [-0.4, -0.2) is 54.4 Å². The number of halogens is 3. The van der Waals surface area contributed by atoms with Gasteiger partial charge in [-0.1, -0.05) is 5.28 Å². The quantitative estimate of drug-likeness (QED) is 0.757.